The Labute approximate surface area is 205 Å². The Hall–Kier alpha value is -3.41. The van der Waals surface area contributed by atoms with Gasteiger partial charge in [-0.1, -0.05) is 18.2 Å². The van der Waals surface area contributed by atoms with Gasteiger partial charge in [0.25, 0.3) is 0 Å². The summed E-state index contributed by atoms with van der Waals surface area (Å²) in [6.45, 7) is 2.66. The molecule has 2 heterocycles. The molecule has 5 rings (SSSR count). The minimum absolute atomic E-state index is 0.0127. The first-order valence-corrected chi connectivity index (χ1v) is 12.5. The Morgan fingerprint density at radius 2 is 1.75 bits per heavy atom. The van der Waals surface area contributed by atoms with Gasteiger partial charge in [-0.2, -0.15) is 21.6 Å². The van der Waals surface area contributed by atoms with Crippen LogP contribution in [0.1, 0.15) is 11.1 Å². The van der Waals surface area contributed by atoms with Crippen molar-refractivity contribution in [2.24, 2.45) is 0 Å². The van der Waals surface area contributed by atoms with E-state index in [2.05, 4.69) is 9.88 Å². The van der Waals surface area contributed by atoms with Crippen LogP contribution in [-0.4, -0.2) is 44.6 Å². The smallest absolute Gasteiger partial charge is 0.416 e. The minimum atomic E-state index is -4.69. The van der Waals surface area contributed by atoms with Crippen LogP contribution < -0.4 is 4.18 Å². The second kappa shape index (κ2) is 9.57. The van der Waals surface area contributed by atoms with Gasteiger partial charge in [-0.15, -0.1) is 0 Å². The summed E-state index contributed by atoms with van der Waals surface area (Å²) in [7, 11) is -4.54. The monoisotopic (exact) mass is 518 g/mol. The molecule has 0 saturated carbocycles. The standard InChI is InChI=1S/C25H21F3N2O5S/c26-25(27,28)19-4-3-5-20(15-19)36(31,32)35-22-9-8-17(14-18(22)16-30-10-12-33-13-11-30)24-29-21-6-1-2-7-23(21)34-24/h1-9,14-15H,10-13,16H2. The summed E-state index contributed by atoms with van der Waals surface area (Å²) in [6, 6.07) is 15.5. The molecule has 11 heteroatoms. The maximum absolute atomic E-state index is 13.1. The van der Waals surface area contributed by atoms with Crippen molar-refractivity contribution in [3.8, 4) is 17.2 Å². The predicted molar refractivity (Wildman–Crippen MR) is 125 cm³/mol. The van der Waals surface area contributed by atoms with Crippen LogP contribution in [0.2, 0.25) is 0 Å². The largest absolute Gasteiger partial charge is 0.436 e. The number of aromatic nitrogens is 1. The van der Waals surface area contributed by atoms with E-state index in [4.69, 9.17) is 13.3 Å². The van der Waals surface area contributed by atoms with E-state index in [1.54, 1.807) is 18.2 Å². The number of para-hydroxylation sites is 2. The van der Waals surface area contributed by atoms with E-state index in [1.165, 1.54) is 6.07 Å². The molecule has 0 atom stereocenters. The van der Waals surface area contributed by atoms with E-state index in [0.29, 0.717) is 67.0 Å². The van der Waals surface area contributed by atoms with Gasteiger partial charge in [-0.25, -0.2) is 4.98 Å². The third-order valence-electron chi connectivity index (χ3n) is 5.75. The van der Waals surface area contributed by atoms with Gasteiger partial charge in [-0.05, 0) is 48.5 Å². The van der Waals surface area contributed by atoms with Crippen molar-refractivity contribution in [2.75, 3.05) is 26.3 Å². The number of alkyl halides is 3. The van der Waals surface area contributed by atoms with Gasteiger partial charge in [-0.3, -0.25) is 4.90 Å². The Balaban J connectivity index is 1.51. The number of hydrogen-bond acceptors (Lipinski definition) is 7. The van der Waals surface area contributed by atoms with Crippen molar-refractivity contribution < 1.29 is 34.9 Å². The van der Waals surface area contributed by atoms with Gasteiger partial charge >= 0.3 is 16.3 Å². The number of oxazole rings is 1. The van der Waals surface area contributed by atoms with E-state index in [9.17, 15) is 21.6 Å². The molecule has 7 nitrogen and oxygen atoms in total. The molecule has 0 amide bonds. The summed E-state index contributed by atoms with van der Waals surface area (Å²) in [6.07, 6.45) is -4.69. The van der Waals surface area contributed by atoms with E-state index in [-0.39, 0.29) is 5.75 Å². The maximum Gasteiger partial charge on any atom is 0.416 e. The first-order chi connectivity index (χ1) is 17.2. The molecule has 0 bridgehead atoms. The molecule has 3 aromatic carbocycles. The average molecular weight is 519 g/mol. The van der Waals surface area contributed by atoms with Crippen LogP contribution in [0.5, 0.6) is 5.75 Å². The summed E-state index contributed by atoms with van der Waals surface area (Å²) in [5, 5.41) is 0. The molecule has 0 aliphatic carbocycles. The molecule has 0 unspecified atom stereocenters. The lowest BCUT2D eigenvalue weighted by Gasteiger charge is -2.27. The van der Waals surface area contributed by atoms with Gasteiger partial charge in [0.15, 0.2) is 5.58 Å². The Morgan fingerprint density at radius 1 is 0.972 bits per heavy atom. The van der Waals surface area contributed by atoms with Crippen molar-refractivity contribution in [2.45, 2.75) is 17.6 Å². The maximum atomic E-state index is 13.1. The van der Waals surface area contributed by atoms with Crippen molar-refractivity contribution in [3.05, 3.63) is 77.9 Å². The average Bonchev–Trinajstić information content (AvgIpc) is 3.30. The van der Waals surface area contributed by atoms with Crippen LogP contribution in [-0.2, 0) is 27.6 Å². The summed E-state index contributed by atoms with van der Waals surface area (Å²) in [4.78, 5) is 5.97. The summed E-state index contributed by atoms with van der Waals surface area (Å²) >= 11 is 0. The fraction of sp³-hybridized carbons (Fsp3) is 0.240. The first-order valence-electron chi connectivity index (χ1n) is 11.1. The lowest BCUT2D eigenvalue weighted by Crippen LogP contribution is -2.35. The predicted octanol–water partition coefficient (Wildman–Crippen LogP) is 5.11. The third kappa shape index (κ3) is 5.23. The highest BCUT2D eigenvalue weighted by Crippen LogP contribution is 2.33. The molecule has 1 fully saturated rings. The molecule has 1 aromatic heterocycles. The summed E-state index contributed by atoms with van der Waals surface area (Å²) in [5.41, 5.74) is 1.34. The van der Waals surface area contributed by atoms with Crippen LogP contribution in [0.15, 0.2) is 76.0 Å². The molecular weight excluding hydrogens is 497 g/mol. The molecule has 36 heavy (non-hydrogen) atoms. The minimum Gasteiger partial charge on any atom is -0.436 e. The Morgan fingerprint density at radius 3 is 2.50 bits per heavy atom. The molecule has 0 spiro atoms. The number of fused-ring (bicyclic) bond motifs is 1. The van der Waals surface area contributed by atoms with Gasteiger partial charge in [0, 0.05) is 30.8 Å². The number of ether oxygens (including phenoxy) is 1. The highest BCUT2D eigenvalue weighted by atomic mass is 32.2. The molecule has 0 radical (unpaired) electrons. The topological polar surface area (TPSA) is 81.9 Å². The van der Waals surface area contributed by atoms with Crippen LogP contribution in [0, 0.1) is 0 Å². The van der Waals surface area contributed by atoms with E-state index in [1.807, 2.05) is 18.2 Å². The van der Waals surface area contributed by atoms with Crippen LogP contribution in [0.4, 0.5) is 13.2 Å². The van der Waals surface area contributed by atoms with Gasteiger partial charge in [0.1, 0.15) is 16.2 Å². The van der Waals surface area contributed by atoms with Gasteiger partial charge in [0.2, 0.25) is 5.89 Å². The lowest BCUT2D eigenvalue weighted by atomic mass is 10.1. The van der Waals surface area contributed by atoms with E-state index >= 15 is 0 Å². The number of halogens is 3. The zero-order valence-corrected chi connectivity index (χ0v) is 19.7. The number of rotatable bonds is 6. The number of morpholine rings is 1. The highest BCUT2D eigenvalue weighted by Gasteiger charge is 2.32. The lowest BCUT2D eigenvalue weighted by molar-refractivity contribution is -0.137. The van der Waals surface area contributed by atoms with E-state index < -0.39 is 26.8 Å². The van der Waals surface area contributed by atoms with Crippen molar-refractivity contribution in [1.29, 1.82) is 0 Å². The quantitative estimate of drug-likeness (QED) is 0.328. The molecule has 188 valence electrons. The van der Waals surface area contributed by atoms with Crippen LogP contribution >= 0.6 is 0 Å². The fourth-order valence-corrected chi connectivity index (χ4v) is 4.92. The Bertz CT molecular complexity index is 1460. The van der Waals surface area contributed by atoms with Gasteiger partial charge in [0.05, 0.1) is 18.8 Å². The molecule has 0 N–H and O–H groups in total. The first kappa shape index (κ1) is 24.3. The SMILES string of the molecule is O=S(=O)(Oc1ccc(-c2nc3ccccc3o2)cc1CN1CCOCC1)c1cccc(C(F)(F)F)c1. The number of nitrogens with zero attached hydrogens (tertiary/aromatic N) is 2. The molecule has 1 saturated heterocycles. The number of hydrogen-bond donors (Lipinski definition) is 0. The molecular formula is C25H21F3N2O5S. The summed E-state index contributed by atoms with van der Waals surface area (Å²) < 4.78 is 81.9. The Kier molecular flexibility index (Phi) is 6.45. The molecule has 1 aliphatic rings. The zero-order valence-electron chi connectivity index (χ0n) is 18.9. The second-order valence-corrected chi connectivity index (χ2v) is 9.81. The fourth-order valence-electron chi connectivity index (χ4n) is 3.91. The molecule has 4 aromatic rings. The second-order valence-electron chi connectivity index (χ2n) is 8.26. The van der Waals surface area contributed by atoms with Crippen molar-refractivity contribution in [3.63, 3.8) is 0 Å². The van der Waals surface area contributed by atoms with Crippen molar-refractivity contribution in [1.82, 2.24) is 9.88 Å². The van der Waals surface area contributed by atoms with Crippen molar-refractivity contribution >= 4 is 21.2 Å². The van der Waals surface area contributed by atoms with Crippen LogP contribution in [0.25, 0.3) is 22.6 Å². The third-order valence-corrected chi connectivity index (χ3v) is 6.98. The summed E-state index contributed by atoms with van der Waals surface area (Å²) in [5.74, 6) is 0.366. The highest BCUT2D eigenvalue weighted by molar-refractivity contribution is 7.87. The van der Waals surface area contributed by atoms with E-state index in [0.717, 1.165) is 18.2 Å². The molecule has 1 aliphatic heterocycles. The van der Waals surface area contributed by atoms with Crippen LogP contribution in [0.3, 0.4) is 0 Å². The zero-order chi connectivity index (χ0) is 25.3. The number of benzene rings is 3. The normalized spacial score (nSPS) is 15.3. The van der Waals surface area contributed by atoms with Gasteiger partial charge < -0.3 is 13.3 Å².